The van der Waals surface area contributed by atoms with Crippen LogP contribution in [-0.4, -0.2) is 13.2 Å². The molecule has 2 aromatic rings. The van der Waals surface area contributed by atoms with Gasteiger partial charge in [-0.05, 0) is 37.1 Å². The van der Waals surface area contributed by atoms with Crippen molar-refractivity contribution in [3.8, 4) is 11.5 Å². The molecule has 0 bridgehead atoms. The van der Waals surface area contributed by atoms with Crippen LogP contribution in [0.15, 0.2) is 48.5 Å². The minimum Gasteiger partial charge on any atom is -0.494 e. The van der Waals surface area contributed by atoms with Crippen molar-refractivity contribution in [3.05, 3.63) is 48.5 Å². The third-order valence-corrected chi connectivity index (χ3v) is 4.04. The minimum absolute atomic E-state index is 0.747. The Hall–Kier alpha value is -2.36. The van der Waals surface area contributed by atoms with E-state index in [-0.39, 0.29) is 0 Å². The number of hydrogen-bond acceptors (Lipinski definition) is 4. The Labute approximate surface area is 151 Å². The first-order valence-corrected chi connectivity index (χ1v) is 9.21. The van der Waals surface area contributed by atoms with Crippen molar-refractivity contribution in [2.24, 2.45) is 0 Å². The number of hydrogen-bond donors (Lipinski definition) is 2. The lowest BCUT2D eigenvalue weighted by molar-refractivity contribution is 0.300. The Morgan fingerprint density at radius 3 is 1.36 bits per heavy atom. The van der Waals surface area contributed by atoms with Crippen LogP contribution in [0, 0.1) is 0 Å². The molecule has 0 unspecified atom stereocenters. The summed E-state index contributed by atoms with van der Waals surface area (Å²) in [4.78, 5) is 0. The van der Waals surface area contributed by atoms with Crippen molar-refractivity contribution in [2.75, 3.05) is 24.7 Å². The van der Waals surface area contributed by atoms with Crippen LogP contribution in [0.1, 0.15) is 44.9 Å². The second-order valence-electron chi connectivity index (χ2n) is 6.32. The van der Waals surface area contributed by atoms with Crippen LogP contribution in [0.4, 0.5) is 11.4 Å². The number of nitrogens with two attached hydrogens (primary N) is 2. The maximum absolute atomic E-state index is 5.72. The van der Waals surface area contributed by atoms with Gasteiger partial charge in [-0.25, -0.2) is 0 Å². The van der Waals surface area contributed by atoms with Gasteiger partial charge in [-0.1, -0.05) is 44.2 Å². The molecular formula is C21H30N2O2. The molecule has 0 saturated heterocycles. The van der Waals surface area contributed by atoms with Gasteiger partial charge in [0.1, 0.15) is 11.5 Å². The lowest BCUT2D eigenvalue weighted by atomic mass is 10.1. The fourth-order valence-electron chi connectivity index (χ4n) is 2.68. The minimum atomic E-state index is 0.747. The Morgan fingerprint density at radius 2 is 0.960 bits per heavy atom. The molecule has 0 atom stereocenters. The van der Waals surface area contributed by atoms with E-state index in [2.05, 4.69) is 0 Å². The van der Waals surface area contributed by atoms with Crippen LogP contribution >= 0.6 is 0 Å². The molecule has 0 spiro atoms. The molecule has 0 aromatic heterocycles. The fraction of sp³-hybridized carbons (Fsp3) is 0.429. The van der Waals surface area contributed by atoms with Crippen molar-refractivity contribution < 1.29 is 9.47 Å². The van der Waals surface area contributed by atoms with E-state index in [1.165, 1.54) is 32.1 Å². The van der Waals surface area contributed by atoms with Gasteiger partial charge in [0.15, 0.2) is 0 Å². The summed E-state index contributed by atoms with van der Waals surface area (Å²) in [6, 6.07) is 15.2. The lowest BCUT2D eigenvalue weighted by Gasteiger charge is -2.07. The van der Waals surface area contributed by atoms with E-state index in [0.29, 0.717) is 0 Å². The SMILES string of the molecule is Nc1cccc(OCCCCCCCCCOc2cccc(N)c2)c1. The van der Waals surface area contributed by atoms with Crippen LogP contribution in [-0.2, 0) is 0 Å². The third-order valence-electron chi connectivity index (χ3n) is 4.04. The van der Waals surface area contributed by atoms with Gasteiger partial charge < -0.3 is 20.9 Å². The van der Waals surface area contributed by atoms with Gasteiger partial charge in [0, 0.05) is 23.5 Å². The molecule has 0 fully saturated rings. The summed E-state index contributed by atoms with van der Waals surface area (Å²) < 4.78 is 11.4. The highest BCUT2D eigenvalue weighted by Crippen LogP contribution is 2.16. The van der Waals surface area contributed by atoms with Gasteiger partial charge in [0.25, 0.3) is 0 Å². The number of ether oxygens (including phenoxy) is 2. The van der Waals surface area contributed by atoms with Crippen molar-refractivity contribution in [1.82, 2.24) is 0 Å². The number of benzene rings is 2. The molecule has 0 amide bonds. The van der Waals surface area contributed by atoms with Gasteiger partial charge >= 0.3 is 0 Å². The first kappa shape index (κ1) is 19.0. The highest BCUT2D eigenvalue weighted by molar-refractivity contribution is 5.44. The normalized spacial score (nSPS) is 10.6. The van der Waals surface area contributed by atoms with Crippen LogP contribution in [0.2, 0.25) is 0 Å². The predicted molar refractivity (Wildman–Crippen MR) is 105 cm³/mol. The summed E-state index contributed by atoms with van der Waals surface area (Å²) in [5.74, 6) is 1.72. The molecule has 2 aromatic carbocycles. The third kappa shape index (κ3) is 8.34. The summed E-state index contributed by atoms with van der Waals surface area (Å²) >= 11 is 0. The predicted octanol–water partition coefficient (Wildman–Crippen LogP) is 5.04. The highest BCUT2D eigenvalue weighted by atomic mass is 16.5. The molecular weight excluding hydrogens is 312 g/mol. The van der Waals surface area contributed by atoms with Crippen LogP contribution < -0.4 is 20.9 Å². The molecule has 0 radical (unpaired) electrons. The van der Waals surface area contributed by atoms with E-state index in [1.54, 1.807) is 0 Å². The molecule has 25 heavy (non-hydrogen) atoms. The van der Waals surface area contributed by atoms with Gasteiger partial charge in [-0.2, -0.15) is 0 Å². The highest BCUT2D eigenvalue weighted by Gasteiger charge is 1.97. The second-order valence-corrected chi connectivity index (χ2v) is 6.32. The van der Waals surface area contributed by atoms with Crippen molar-refractivity contribution in [2.45, 2.75) is 44.9 Å². The van der Waals surface area contributed by atoms with Gasteiger partial charge in [0.2, 0.25) is 0 Å². The zero-order valence-electron chi connectivity index (χ0n) is 15.0. The van der Waals surface area contributed by atoms with E-state index in [1.807, 2.05) is 48.5 Å². The van der Waals surface area contributed by atoms with Gasteiger partial charge in [0.05, 0.1) is 13.2 Å². The maximum atomic E-state index is 5.72. The molecule has 4 nitrogen and oxygen atoms in total. The maximum Gasteiger partial charge on any atom is 0.121 e. The van der Waals surface area contributed by atoms with Crippen molar-refractivity contribution in [3.63, 3.8) is 0 Å². The molecule has 4 heteroatoms. The van der Waals surface area contributed by atoms with Crippen LogP contribution in [0.25, 0.3) is 0 Å². The number of rotatable bonds is 12. The first-order valence-electron chi connectivity index (χ1n) is 9.21. The van der Waals surface area contributed by atoms with E-state index in [9.17, 15) is 0 Å². The van der Waals surface area contributed by atoms with Crippen molar-refractivity contribution >= 4 is 11.4 Å². The number of unbranched alkanes of at least 4 members (excludes halogenated alkanes) is 6. The summed E-state index contributed by atoms with van der Waals surface area (Å²) in [6.07, 6.45) is 8.40. The number of anilines is 2. The zero-order chi connectivity index (χ0) is 17.7. The summed E-state index contributed by atoms with van der Waals surface area (Å²) in [5, 5.41) is 0. The summed E-state index contributed by atoms with van der Waals surface area (Å²) in [7, 11) is 0. The molecule has 0 saturated carbocycles. The average Bonchev–Trinajstić information content (AvgIpc) is 2.60. The molecule has 0 aliphatic heterocycles. The Morgan fingerprint density at radius 1 is 0.560 bits per heavy atom. The summed E-state index contributed by atoms with van der Waals surface area (Å²) in [6.45, 7) is 1.52. The van der Waals surface area contributed by atoms with E-state index in [4.69, 9.17) is 20.9 Å². The van der Waals surface area contributed by atoms with Crippen LogP contribution in [0.5, 0.6) is 11.5 Å². The lowest BCUT2D eigenvalue weighted by Crippen LogP contribution is -1.98. The standard InChI is InChI=1S/C21H30N2O2/c22-18-10-8-12-20(16-18)24-14-6-4-2-1-3-5-7-15-25-21-13-9-11-19(23)17-21/h8-13,16-17H,1-7,14-15,22-23H2. The van der Waals surface area contributed by atoms with Gasteiger partial charge in [-0.15, -0.1) is 0 Å². The van der Waals surface area contributed by atoms with Crippen LogP contribution in [0.3, 0.4) is 0 Å². The fourth-order valence-corrected chi connectivity index (χ4v) is 2.68. The summed E-state index contributed by atoms with van der Waals surface area (Å²) in [5.41, 5.74) is 12.9. The molecule has 4 N–H and O–H groups in total. The van der Waals surface area contributed by atoms with Gasteiger partial charge in [-0.3, -0.25) is 0 Å². The zero-order valence-corrected chi connectivity index (χ0v) is 15.0. The van der Waals surface area contributed by atoms with Crippen molar-refractivity contribution in [1.29, 1.82) is 0 Å². The second kappa shape index (κ2) is 11.2. The average molecular weight is 342 g/mol. The Balaban J connectivity index is 1.38. The Bertz CT molecular complexity index is 563. The topological polar surface area (TPSA) is 70.5 Å². The smallest absolute Gasteiger partial charge is 0.121 e. The molecule has 2 rings (SSSR count). The van der Waals surface area contributed by atoms with E-state index >= 15 is 0 Å². The molecule has 0 aliphatic carbocycles. The van der Waals surface area contributed by atoms with E-state index < -0.39 is 0 Å². The quantitative estimate of drug-likeness (QED) is 0.419. The molecule has 0 heterocycles. The van der Waals surface area contributed by atoms with E-state index in [0.717, 1.165) is 48.9 Å². The largest absolute Gasteiger partial charge is 0.494 e. The number of nitrogen functional groups attached to an aromatic ring is 2. The molecule has 0 aliphatic rings. The first-order chi connectivity index (χ1) is 12.2. The molecule has 136 valence electrons. The monoisotopic (exact) mass is 342 g/mol. The Kier molecular flexibility index (Phi) is 8.53.